The van der Waals surface area contributed by atoms with Crippen LogP contribution in [0.25, 0.3) is 0 Å². The van der Waals surface area contributed by atoms with Crippen molar-refractivity contribution in [3.8, 4) is 5.75 Å². The maximum absolute atomic E-state index is 12.6. The summed E-state index contributed by atoms with van der Waals surface area (Å²) in [6.45, 7) is 9.13. The van der Waals surface area contributed by atoms with Crippen LogP contribution in [0.4, 0.5) is 5.00 Å². The van der Waals surface area contributed by atoms with Crippen LogP contribution in [-0.2, 0) is 12.8 Å². The number of anilines is 1. The van der Waals surface area contributed by atoms with Crippen molar-refractivity contribution in [3.63, 3.8) is 0 Å². The largest absolute Gasteiger partial charge is 0.494 e. The minimum atomic E-state index is -0.479. The monoisotopic (exact) mass is 459 g/mol. The Hall–Kier alpha value is -2.45. The highest BCUT2D eigenvalue weighted by molar-refractivity contribution is 7.80. The Balaban J connectivity index is 1.76. The molecule has 0 unspecified atom stereocenters. The summed E-state index contributed by atoms with van der Waals surface area (Å²) in [5.41, 5.74) is 7.83. The van der Waals surface area contributed by atoms with Gasteiger partial charge < -0.3 is 15.8 Å². The average Bonchev–Trinajstić information content (AvgIpc) is 3.04. The summed E-state index contributed by atoms with van der Waals surface area (Å²) in [6, 6.07) is 6.89. The van der Waals surface area contributed by atoms with Gasteiger partial charge in [-0.1, -0.05) is 26.8 Å². The van der Waals surface area contributed by atoms with Gasteiger partial charge in [-0.25, -0.2) is 0 Å². The molecule has 0 spiro atoms. The maximum atomic E-state index is 12.6. The maximum Gasteiger partial charge on any atom is 0.257 e. The summed E-state index contributed by atoms with van der Waals surface area (Å²) in [5, 5.41) is 6.43. The molecule has 0 saturated heterocycles. The van der Waals surface area contributed by atoms with Gasteiger partial charge in [-0.15, -0.1) is 11.3 Å². The third-order valence-electron chi connectivity index (χ3n) is 5.60. The molecule has 4 N–H and O–H groups in total. The van der Waals surface area contributed by atoms with Gasteiger partial charge in [0.1, 0.15) is 10.8 Å². The number of nitrogens with two attached hydrogens (primary N) is 1. The number of ether oxygens (including phenoxy) is 1. The minimum Gasteiger partial charge on any atom is -0.494 e. The number of hydrogen-bond donors (Lipinski definition) is 3. The van der Waals surface area contributed by atoms with Crippen molar-refractivity contribution in [2.45, 2.75) is 47.0 Å². The molecular formula is C23H29N3O3S2. The van der Waals surface area contributed by atoms with E-state index in [2.05, 4.69) is 31.4 Å². The third kappa shape index (κ3) is 5.43. The normalized spacial score (nSPS) is 15.7. The third-order valence-corrected chi connectivity index (χ3v) is 6.97. The molecule has 6 nitrogen and oxygen atoms in total. The molecule has 0 fully saturated rings. The number of benzene rings is 1. The number of carbonyl (C=O) groups excluding carboxylic acids is 2. The van der Waals surface area contributed by atoms with Crippen LogP contribution >= 0.6 is 23.6 Å². The summed E-state index contributed by atoms with van der Waals surface area (Å²) in [5.74, 6) is 0.322. The van der Waals surface area contributed by atoms with E-state index in [-0.39, 0.29) is 16.4 Å². The van der Waals surface area contributed by atoms with Gasteiger partial charge in [0, 0.05) is 10.4 Å². The van der Waals surface area contributed by atoms with Gasteiger partial charge in [0.2, 0.25) is 0 Å². The Morgan fingerprint density at radius 1 is 1.32 bits per heavy atom. The quantitative estimate of drug-likeness (QED) is 0.572. The van der Waals surface area contributed by atoms with Gasteiger partial charge in [0.05, 0.1) is 12.2 Å². The number of fused-ring (bicyclic) bond motifs is 1. The molecule has 3 rings (SSSR count). The Morgan fingerprint density at radius 3 is 2.71 bits per heavy atom. The van der Waals surface area contributed by atoms with E-state index < -0.39 is 5.91 Å². The van der Waals surface area contributed by atoms with Gasteiger partial charge in [-0.05, 0) is 73.5 Å². The Kier molecular flexibility index (Phi) is 7.01. The van der Waals surface area contributed by atoms with E-state index in [1.54, 1.807) is 24.3 Å². The van der Waals surface area contributed by atoms with E-state index in [0.29, 0.717) is 34.4 Å². The average molecular weight is 460 g/mol. The summed E-state index contributed by atoms with van der Waals surface area (Å²) in [7, 11) is 0. The van der Waals surface area contributed by atoms with E-state index in [1.165, 1.54) is 16.2 Å². The van der Waals surface area contributed by atoms with Crippen LogP contribution in [-0.4, -0.2) is 23.5 Å². The SMILES string of the molecule is CCOc1cccc(C(=O)NC(=S)Nc2sc3c(c2C(N)=O)CC[C@H](C(C)(C)C)C3)c1. The Bertz CT molecular complexity index is 1010. The highest BCUT2D eigenvalue weighted by atomic mass is 32.1. The summed E-state index contributed by atoms with van der Waals surface area (Å²) in [4.78, 5) is 26.0. The standard InChI is InChI=1S/C23H29N3O3S2/c1-5-29-15-8-6-7-13(11-15)20(28)25-22(30)26-21-18(19(24)27)16-10-9-14(23(2,3)4)12-17(16)31-21/h6-8,11,14H,5,9-10,12H2,1-4H3,(H2,24,27)(H2,25,26,28,30)/t14-/m0/s1. The Labute approximate surface area is 192 Å². The fourth-order valence-electron chi connectivity index (χ4n) is 3.88. The molecule has 8 heteroatoms. The number of amides is 2. The lowest BCUT2D eigenvalue weighted by molar-refractivity contribution is 0.0975. The molecule has 1 heterocycles. The molecule has 2 amide bonds. The molecule has 31 heavy (non-hydrogen) atoms. The molecule has 0 radical (unpaired) electrons. The van der Waals surface area contributed by atoms with Crippen molar-refractivity contribution in [1.29, 1.82) is 0 Å². The zero-order valence-electron chi connectivity index (χ0n) is 18.3. The number of primary amides is 1. The van der Waals surface area contributed by atoms with E-state index in [9.17, 15) is 9.59 Å². The van der Waals surface area contributed by atoms with E-state index >= 15 is 0 Å². The zero-order valence-corrected chi connectivity index (χ0v) is 20.0. The molecule has 166 valence electrons. The molecule has 1 atom stereocenters. The van der Waals surface area contributed by atoms with Crippen molar-refractivity contribution in [1.82, 2.24) is 5.32 Å². The second kappa shape index (κ2) is 9.36. The minimum absolute atomic E-state index is 0.125. The van der Waals surface area contributed by atoms with Crippen LogP contribution in [0, 0.1) is 11.3 Å². The predicted molar refractivity (Wildman–Crippen MR) is 129 cm³/mol. The first-order valence-electron chi connectivity index (χ1n) is 10.4. The second-order valence-corrected chi connectivity index (χ2v) is 10.3. The molecule has 1 aromatic heterocycles. The van der Waals surface area contributed by atoms with Gasteiger partial charge in [0.25, 0.3) is 11.8 Å². The number of thiocarbonyl (C=S) groups is 1. The second-order valence-electron chi connectivity index (χ2n) is 8.75. The molecule has 0 saturated carbocycles. The zero-order chi connectivity index (χ0) is 22.8. The highest BCUT2D eigenvalue weighted by Gasteiger charge is 2.33. The van der Waals surface area contributed by atoms with Crippen LogP contribution in [0.3, 0.4) is 0 Å². The van der Waals surface area contributed by atoms with Crippen molar-refractivity contribution >= 4 is 45.5 Å². The van der Waals surface area contributed by atoms with E-state index in [0.717, 1.165) is 24.8 Å². The first-order chi connectivity index (χ1) is 14.6. The van der Waals surface area contributed by atoms with Crippen LogP contribution in [0.5, 0.6) is 5.75 Å². The van der Waals surface area contributed by atoms with Crippen molar-refractivity contribution < 1.29 is 14.3 Å². The summed E-state index contributed by atoms with van der Waals surface area (Å²) >= 11 is 6.85. The Morgan fingerprint density at radius 2 is 2.06 bits per heavy atom. The number of nitrogens with one attached hydrogen (secondary N) is 2. The van der Waals surface area contributed by atoms with Gasteiger partial charge in [0.15, 0.2) is 5.11 Å². The summed E-state index contributed by atoms with van der Waals surface area (Å²) < 4.78 is 5.44. The summed E-state index contributed by atoms with van der Waals surface area (Å²) in [6.07, 6.45) is 2.75. The lowest BCUT2D eigenvalue weighted by Crippen LogP contribution is -2.34. The molecule has 1 aliphatic rings. The van der Waals surface area contributed by atoms with Crippen molar-refractivity contribution in [3.05, 3.63) is 45.8 Å². The molecular weight excluding hydrogens is 430 g/mol. The molecule has 1 aliphatic carbocycles. The smallest absolute Gasteiger partial charge is 0.257 e. The molecule has 0 aliphatic heterocycles. The molecule has 0 bridgehead atoms. The lowest BCUT2D eigenvalue weighted by Gasteiger charge is -2.33. The molecule has 1 aromatic carbocycles. The van der Waals surface area contributed by atoms with Gasteiger partial charge in [-0.3, -0.25) is 14.9 Å². The van der Waals surface area contributed by atoms with E-state index in [4.69, 9.17) is 22.7 Å². The van der Waals surface area contributed by atoms with Crippen LogP contribution in [0.2, 0.25) is 0 Å². The van der Waals surface area contributed by atoms with Crippen LogP contribution in [0.15, 0.2) is 24.3 Å². The number of hydrogen-bond acceptors (Lipinski definition) is 5. The van der Waals surface area contributed by atoms with Gasteiger partial charge in [-0.2, -0.15) is 0 Å². The number of rotatable bonds is 5. The predicted octanol–water partition coefficient (Wildman–Crippen LogP) is 4.52. The fraction of sp³-hybridized carbons (Fsp3) is 0.435. The number of thiophene rings is 1. The first kappa shape index (κ1) is 23.2. The van der Waals surface area contributed by atoms with Crippen molar-refractivity contribution in [2.24, 2.45) is 17.1 Å². The fourth-order valence-corrected chi connectivity index (χ4v) is 5.47. The van der Waals surface area contributed by atoms with Crippen LogP contribution < -0.4 is 21.1 Å². The first-order valence-corrected chi connectivity index (χ1v) is 11.6. The highest BCUT2D eigenvalue weighted by Crippen LogP contribution is 2.44. The lowest BCUT2D eigenvalue weighted by atomic mass is 9.72. The number of carbonyl (C=O) groups is 2. The topological polar surface area (TPSA) is 93.4 Å². The van der Waals surface area contributed by atoms with Crippen LogP contribution in [0.1, 0.15) is 65.3 Å². The van der Waals surface area contributed by atoms with Gasteiger partial charge >= 0.3 is 0 Å². The molecule has 2 aromatic rings. The van der Waals surface area contributed by atoms with Crippen molar-refractivity contribution in [2.75, 3.05) is 11.9 Å². The van der Waals surface area contributed by atoms with E-state index in [1.807, 2.05) is 6.92 Å².